The van der Waals surface area contributed by atoms with Crippen LogP contribution in [0.5, 0.6) is 0 Å². The number of hydrogen-bond donors (Lipinski definition) is 0. The fourth-order valence-corrected chi connectivity index (χ4v) is 3.94. The first kappa shape index (κ1) is 23.4. The lowest BCUT2D eigenvalue weighted by Crippen LogP contribution is -2.51. The molecule has 0 spiro atoms. The first-order valence-corrected chi connectivity index (χ1v) is 11.8. The minimum absolute atomic E-state index is 1.17. The van der Waals surface area contributed by atoms with Crippen LogP contribution in [0.1, 0.15) is 104 Å². The molecule has 0 rings (SSSR count). The number of halogens is 1. The molecule has 2 heteroatoms. The van der Waals surface area contributed by atoms with Gasteiger partial charge >= 0.3 is 0 Å². The van der Waals surface area contributed by atoms with Crippen molar-refractivity contribution in [3.63, 3.8) is 0 Å². The molecule has 0 aromatic heterocycles. The number of quaternary nitrogens is 1. The van der Waals surface area contributed by atoms with Crippen LogP contribution in [-0.4, -0.2) is 36.0 Å². The van der Waals surface area contributed by atoms with Crippen LogP contribution >= 0.6 is 15.9 Å². The van der Waals surface area contributed by atoms with Gasteiger partial charge in [-0.15, -0.1) is 0 Å². The Bertz CT molecular complexity index is 199. The normalized spacial score (nSPS) is 12.0. The van der Waals surface area contributed by atoms with Crippen molar-refractivity contribution < 1.29 is 4.48 Å². The Morgan fingerprint density at radius 2 is 0.826 bits per heavy atom. The van der Waals surface area contributed by atoms with Crippen LogP contribution in [0.2, 0.25) is 0 Å². The third-order valence-corrected chi connectivity index (χ3v) is 5.78. The van der Waals surface area contributed by atoms with E-state index in [1.54, 1.807) is 0 Å². The molecule has 0 atom stereocenters. The summed E-state index contributed by atoms with van der Waals surface area (Å²) in [7, 11) is 0. The quantitative estimate of drug-likeness (QED) is 0.130. The Morgan fingerprint density at radius 3 is 1.13 bits per heavy atom. The molecule has 0 aliphatic heterocycles. The van der Waals surface area contributed by atoms with Crippen molar-refractivity contribution in [2.45, 2.75) is 104 Å². The lowest BCUT2D eigenvalue weighted by Gasteiger charge is -2.39. The summed E-state index contributed by atoms with van der Waals surface area (Å²) >= 11 is 3.67. The van der Waals surface area contributed by atoms with E-state index in [1.807, 2.05) is 0 Å². The predicted molar refractivity (Wildman–Crippen MR) is 111 cm³/mol. The van der Waals surface area contributed by atoms with Crippen molar-refractivity contribution in [3.05, 3.63) is 0 Å². The molecule has 23 heavy (non-hydrogen) atoms. The van der Waals surface area contributed by atoms with Crippen LogP contribution in [0.3, 0.4) is 0 Å². The highest BCUT2D eigenvalue weighted by molar-refractivity contribution is 9.09. The molecule has 0 unspecified atom stereocenters. The van der Waals surface area contributed by atoms with Crippen LogP contribution in [0, 0.1) is 0 Å². The molecule has 0 saturated carbocycles. The lowest BCUT2D eigenvalue weighted by molar-refractivity contribution is -0.928. The molecule has 0 heterocycles. The first-order valence-electron chi connectivity index (χ1n) is 10.7. The van der Waals surface area contributed by atoms with Gasteiger partial charge in [0.2, 0.25) is 0 Å². The zero-order chi connectivity index (χ0) is 17.2. The summed E-state index contributed by atoms with van der Waals surface area (Å²) < 4.78 is 1.42. The fraction of sp³-hybridized carbons (Fsp3) is 1.00. The highest BCUT2D eigenvalue weighted by Gasteiger charge is 2.25. The molecule has 0 aromatic carbocycles. The van der Waals surface area contributed by atoms with Crippen molar-refractivity contribution >= 4 is 15.9 Å². The third-order valence-electron chi connectivity index (χ3n) is 5.22. The maximum atomic E-state index is 3.67. The lowest BCUT2D eigenvalue weighted by atomic mass is 10.1. The van der Waals surface area contributed by atoms with E-state index in [1.165, 1.54) is 119 Å². The first-order chi connectivity index (χ1) is 11.2. The number of alkyl halides is 1. The highest BCUT2D eigenvalue weighted by atomic mass is 79.9. The molecule has 0 saturated heterocycles. The molecule has 0 radical (unpaired) electrons. The van der Waals surface area contributed by atoms with E-state index in [9.17, 15) is 0 Å². The molecule has 0 aliphatic carbocycles. The topological polar surface area (TPSA) is 0 Å². The zero-order valence-corrected chi connectivity index (χ0v) is 18.1. The molecule has 0 amide bonds. The zero-order valence-electron chi connectivity index (χ0n) is 16.6. The highest BCUT2D eigenvalue weighted by Crippen LogP contribution is 2.18. The van der Waals surface area contributed by atoms with Crippen LogP contribution in [0.4, 0.5) is 0 Å². The molecular weight excluding hydrogens is 346 g/mol. The molecular formula is C21H45BrN+. The van der Waals surface area contributed by atoms with Crippen LogP contribution in [0.15, 0.2) is 0 Å². The molecule has 1 nitrogen and oxygen atoms in total. The average Bonchev–Trinajstić information content (AvgIpc) is 2.57. The summed E-state index contributed by atoms with van der Waals surface area (Å²) in [5.41, 5.74) is 0. The van der Waals surface area contributed by atoms with Crippen LogP contribution in [-0.2, 0) is 0 Å². The van der Waals surface area contributed by atoms with Gasteiger partial charge in [0.1, 0.15) is 0 Å². The van der Waals surface area contributed by atoms with Gasteiger partial charge in [-0.1, -0.05) is 75.2 Å². The standard InChI is InChI=1S/C21H45BrN/c1-4-7-10-13-18-23(21-16-17-22,19-14-11-8-5-2)20-15-12-9-6-3/h4-21H2,1-3H3/q+1. The van der Waals surface area contributed by atoms with Gasteiger partial charge in [0.25, 0.3) is 0 Å². The smallest absolute Gasteiger partial charge is 0.0794 e. The summed E-state index contributed by atoms with van der Waals surface area (Å²) in [6.45, 7) is 12.7. The van der Waals surface area contributed by atoms with Crippen molar-refractivity contribution in [3.8, 4) is 0 Å². The van der Waals surface area contributed by atoms with Crippen molar-refractivity contribution in [1.82, 2.24) is 0 Å². The SMILES string of the molecule is CCCCCC[N+](CCCBr)(CCCCCC)CCCCCC. The summed E-state index contributed by atoms with van der Waals surface area (Å²) in [5, 5.41) is 1.17. The van der Waals surface area contributed by atoms with Gasteiger partial charge in [0.05, 0.1) is 26.2 Å². The van der Waals surface area contributed by atoms with Gasteiger partial charge < -0.3 is 4.48 Å². The molecule has 0 fully saturated rings. The Labute approximate surface area is 156 Å². The van der Waals surface area contributed by atoms with E-state index in [-0.39, 0.29) is 0 Å². The summed E-state index contributed by atoms with van der Waals surface area (Å²) in [5.74, 6) is 0. The second-order valence-electron chi connectivity index (χ2n) is 7.46. The average molecular weight is 392 g/mol. The second-order valence-corrected chi connectivity index (χ2v) is 8.25. The molecule has 0 aliphatic rings. The van der Waals surface area contributed by atoms with Gasteiger partial charge in [0.15, 0.2) is 0 Å². The third kappa shape index (κ3) is 13.4. The van der Waals surface area contributed by atoms with Gasteiger partial charge in [-0.25, -0.2) is 0 Å². The molecule has 0 aromatic rings. The maximum absolute atomic E-state index is 3.67. The van der Waals surface area contributed by atoms with Crippen molar-refractivity contribution in [1.29, 1.82) is 0 Å². The monoisotopic (exact) mass is 390 g/mol. The Morgan fingerprint density at radius 1 is 0.478 bits per heavy atom. The van der Waals surface area contributed by atoms with E-state index >= 15 is 0 Å². The number of hydrogen-bond acceptors (Lipinski definition) is 0. The summed E-state index contributed by atoms with van der Waals surface area (Å²) in [6.07, 6.45) is 18.3. The van der Waals surface area contributed by atoms with Crippen LogP contribution < -0.4 is 0 Å². The minimum Gasteiger partial charge on any atom is -0.324 e. The number of nitrogens with zero attached hydrogens (tertiary/aromatic N) is 1. The van der Waals surface area contributed by atoms with E-state index < -0.39 is 0 Å². The van der Waals surface area contributed by atoms with Crippen molar-refractivity contribution in [2.24, 2.45) is 0 Å². The summed E-state index contributed by atoms with van der Waals surface area (Å²) in [6, 6.07) is 0. The van der Waals surface area contributed by atoms with E-state index in [4.69, 9.17) is 0 Å². The minimum atomic E-state index is 1.17. The predicted octanol–water partition coefficient (Wildman–Crippen LogP) is 7.33. The van der Waals surface area contributed by atoms with Crippen LogP contribution in [0.25, 0.3) is 0 Å². The Balaban J connectivity index is 4.51. The summed E-state index contributed by atoms with van der Waals surface area (Å²) in [4.78, 5) is 0. The van der Waals surface area contributed by atoms with Gasteiger partial charge in [-0.2, -0.15) is 0 Å². The van der Waals surface area contributed by atoms with Gasteiger partial charge in [-0.3, -0.25) is 0 Å². The van der Waals surface area contributed by atoms with E-state index in [2.05, 4.69) is 36.7 Å². The molecule has 140 valence electrons. The Hall–Kier alpha value is 0.440. The van der Waals surface area contributed by atoms with Gasteiger partial charge in [-0.05, 0) is 38.5 Å². The maximum Gasteiger partial charge on any atom is 0.0794 e. The van der Waals surface area contributed by atoms with Crippen molar-refractivity contribution in [2.75, 3.05) is 31.5 Å². The molecule has 0 N–H and O–H groups in total. The van der Waals surface area contributed by atoms with E-state index in [0.29, 0.717) is 0 Å². The van der Waals surface area contributed by atoms with E-state index in [0.717, 1.165) is 0 Å². The largest absolute Gasteiger partial charge is 0.324 e. The fourth-order valence-electron chi connectivity index (χ4n) is 3.69. The van der Waals surface area contributed by atoms with Gasteiger partial charge in [0, 0.05) is 11.8 Å². The number of unbranched alkanes of at least 4 members (excludes halogenated alkanes) is 9. The molecule has 0 bridgehead atoms. The number of rotatable bonds is 18. The second kappa shape index (κ2) is 17.3. The Kier molecular flexibility index (Phi) is 17.6.